The van der Waals surface area contributed by atoms with Crippen molar-refractivity contribution in [1.82, 2.24) is 0 Å². The summed E-state index contributed by atoms with van der Waals surface area (Å²) in [5.74, 6) is 0.123. The molecule has 0 spiro atoms. The van der Waals surface area contributed by atoms with E-state index < -0.39 is 5.91 Å². The molecule has 0 aliphatic carbocycles. The van der Waals surface area contributed by atoms with Gasteiger partial charge in [-0.2, -0.15) is 5.26 Å². The molecule has 0 aliphatic rings. The Bertz CT molecular complexity index is 905. The first-order chi connectivity index (χ1) is 11.8. The van der Waals surface area contributed by atoms with Crippen LogP contribution < -0.4 is 10.1 Å². The number of methoxy groups -OCH3 is 1. The van der Waals surface area contributed by atoms with E-state index in [1.165, 1.54) is 6.08 Å². The summed E-state index contributed by atoms with van der Waals surface area (Å²) in [6, 6.07) is 10.9. The molecule has 0 unspecified atom stereocenters. The number of nitrogens with zero attached hydrogens (tertiary/aromatic N) is 1. The number of benzene rings is 2. The minimum atomic E-state index is -0.502. The first-order valence-electron chi connectivity index (χ1n) is 7.08. The number of hydrogen-bond donors (Lipinski definition) is 1. The second-order valence-corrected chi connectivity index (χ2v) is 7.91. The molecule has 0 aromatic heterocycles. The van der Waals surface area contributed by atoms with E-state index in [9.17, 15) is 10.1 Å². The molecule has 0 heterocycles. The molecule has 4 nitrogen and oxygen atoms in total. The lowest BCUT2D eigenvalue weighted by Crippen LogP contribution is -2.13. The van der Waals surface area contributed by atoms with Gasteiger partial charge in [0.1, 0.15) is 17.4 Å². The Hall–Kier alpha value is -1.31. The number of amides is 1. The zero-order valence-corrected chi connectivity index (χ0v) is 18.4. The average Bonchev–Trinajstić information content (AvgIpc) is 2.55. The summed E-state index contributed by atoms with van der Waals surface area (Å²) in [5, 5.41) is 12.6. The number of carbonyl (C=O) groups excluding carboxylic acids is 1. The Labute approximate surface area is 178 Å². The van der Waals surface area contributed by atoms with Gasteiger partial charge in [-0.1, -0.05) is 17.7 Å². The van der Waals surface area contributed by atoms with E-state index in [0.717, 1.165) is 12.7 Å². The first kappa shape index (κ1) is 20.0. The predicted octanol–water partition coefficient (Wildman–Crippen LogP) is 5.41. The summed E-state index contributed by atoms with van der Waals surface area (Å²) in [5.41, 5.74) is 2.10. The van der Waals surface area contributed by atoms with E-state index in [4.69, 9.17) is 16.3 Å². The van der Waals surface area contributed by atoms with E-state index in [2.05, 4.69) is 50.5 Å². The van der Waals surface area contributed by atoms with Crippen LogP contribution in [0.1, 0.15) is 11.1 Å². The number of halogens is 3. The summed E-state index contributed by atoms with van der Waals surface area (Å²) in [6.45, 7) is 1.87. The molecule has 0 saturated carbocycles. The second-order valence-electron chi connectivity index (χ2n) is 5.10. The normalized spacial score (nSPS) is 11.0. The van der Waals surface area contributed by atoms with Crippen LogP contribution in [-0.2, 0) is 4.79 Å². The van der Waals surface area contributed by atoms with Gasteiger partial charge in [0.05, 0.1) is 10.7 Å². The number of rotatable bonds is 4. The fourth-order valence-corrected chi connectivity index (χ4v) is 4.37. The van der Waals surface area contributed by atoms with Crippen molar-refractivity contribution in [3.8, 4) is 11.8 Å². The highest BCUT2D eigenvalue weighted by atomic mass is 127. The van der Waals surface area contributed by atoms with Crippen molar-refractivity contribution >= 4 is 74.5 Å². The minimum absolute atomic E-state index is 0.0206. The third-order valence-electron chi connectivity index (χ3n) is 3.34. The third kappa shape index (κ3) is 5.09. The molecule has 2 aromatic carbocycles. The molecule has 0 bridgehead atoms. The van der Waals surface area contributed by atoms with Crippen LogP contribution in [0.15, 0.2) is 35.9 Å². The van der Waals surface area contributed by atoms with Crippen molar-refractivity contribution in [2.75, 3.05) is 12.4 Å². The van der Waals surface area contributed by atoms with Crippen molar-refractivity contribution < 1.29 is 9.53 Å². The number of anilines is 1. The Kier molecular flexibility index (Phi) is 7.10. The fourth-order valence-electron chi connectivity index (χ4n) is 2.08. The van der Waals surface area contributed by atoms with Crippen molar-refractivity contribution in [2.45, 2.75) is 6.92 Å². The van der Waals surface area contributed by atoms with Gasteiger partial charge in [-0.15, -0.1) is 0 Å². The molecule has 1 N–H and O–H groups in total. The average molecular weight is 579 g/mol. The summed E-state index contributed by atoms with van der Waals surface area (Å²) in [7, 11) is 1.56. The minimum Gasteiger partial charge on any atom is -0.495 e. The van der Waals surface area contributed by atoms with Gasteiger partial charge in [-0.3, -0.25) is 4.79 Å². The highest BCUT2D eigenvalue weighted by molar-refractivity contribution is 14.1. The van der Waals surface area contributed by atoms with Crippen molar-refractivity contribution in [3.63, 3.8) is 0 Å². The number of hydrogen-bond acceptors (Lipinski definition) is 3. The quantitative estimate of drug-likeness (QED) is 0.300. The Balaban J connectivity index is 2.36. The van der Waals surface area contributed by atoms with Crippen LogP contribution in [0, 0.1) is 25.4 Å². The Morgan fingerprint density at radius 2 is 2.04 bits per heavy atom. The molecule has 1 amide bonds. The highest BCUT2D eigenvalue weighted by Crippen LogP contribution is 2.30. The maximum Gasteiger partial charge on any atom is 0.266 e. The molecule has 128 valence electrons. The zero-order valence-electron chi connectivity index (χ0n) is 13.4. The molecular weight excluding hydrogens is 565 g/mol. The van der Waals surface area contributed by atoms with Gasteiger partial charge in [0.2, 0.25) is 0 Å². The van der Waals surface area contributed by atoms with E-state index >= 15 is 0 Å². The molecule has 25 heavy (non-hydrogen) atoms. The van der Waals surface area contributed by atoms with Crippen LogP contribution in [0.2, 0.25) is 5.02 Å². The molecule has 0 saturated heterocycles. The number of aryl methyl sites for hydroxylation is 1. The molecule has 2 rings (SSSR count). The zero-order chi connectivity index (χ0) is 18.6. The van der Waals surface area contributed by atoms with Crippen LogP contribution in [0.4, 0.5) is 5.69 Å². The molecule has 2 aromatic rings. The van der Waals surface area contributed by atoms with Crippen LogP contribution in [-0.4, -0.2) is 13.0 Å². The van der Waals surface area contributed by atoms with Crippen LogP contribution in [0.3, 0.4) is 0 Å². The van der Waals surface area contributed by atoms with Gasteiger partial charge in [0.25, 0.3) is 5.91 Å². The number of ether oxygens (including phenoxy) is 1. The summed E-state index contributed by atoms with van der Waals surface area (Å²) in [4.78, 5) is 12.4. The lowest BCUT2D eigenvalue weighted by atomic mass is 10.1. The number of nitrogens with one attached hydrogen (secondary N) is 1. The van der Waals surface area contributed by atoms with Crippen molar-refractivity contribution in [3.05, 3.63) is 59.2 Å². The molecule has 0 aliphatic heterocycles. The van der Waals surface area contributed by atoms with Crippen LogP contribution in [0.25, 0.3) is 6.08 Å². The molecule has 7 heteroatoms. The van der Waals surface area contributed by atoms with Gasteiger partial charge in [0, 0.05) is 19.8 Å². The Morgan fingerprint density at radius 1 is 1.32 bits per heavy atom. The van der Waals surface area contributed by atoms with Crippen LogP contribution in [0.5, 0.6) is 5.75 Å². The van der Waals surface area contributed by atoms with Gasteiger partial charge < -0.3 is 10.1 Å². The molecular formula is C18H13ClI2N2O2. The summed E-state index contributed by atoms with van der Waals surface area (Å²) in [6.07, 6.45) is 1.52. The fraction of sp³-hybridized carbons (Fsp3) is 0.111. The standard InChI is InChI=1S/C18H13ClI2N2O2/c1-10-3-4-14(8-15(10)19)23-18(24)12(9-22)5-11-6-13(20)7-16(21)17(11)25-2/h3-8H,1-2H3,(H,23,24)/b12-5+. The highest BCUT2D eigenvalue weighted by Gasteiger charge is 2.14. The lowest BCUT2D eigenvalue weighted by molar-refractivity contribution is -0.112. The molecule has 0 atom stereocenters. The van der Waals surface area contributed by atoms with E-state index in [-0.39, 0.29) is 5.57 Å². The summed E-state index contributed by atoms with van der Waals surface area (Å²) < 4.78 is 7.28. The monoisotopic (exact) mass is 578 g/mol. The molecule has 0 radical (unpaired) electrons. The van der Waals surface area contributed by atoms with E-state index in [1.54, 1.807) is 25.3 Å². The number of nitriles is 1. The Morgan fingerprint density at radius 3 is 2.64 bits per heavy atom. The maximum absolute atomic E-state index is 12.4. The largest absolute Gasteiger partial charge is 0.495 e. The lowest BCUT2D eigenvalue weighted by Gasteiger charge is -2.10. The van der Waals surface area contributed by atoms with Crippen LogP contribution >= 0.6 is 56.8 Å². The number of carbonyl (C=O) groups is 1. The predicted molar refractivity (Wildman–Crippen MR) is 117 cm³/mol. The SMILES string of the molecule is COc1c(I)cc(I)cc1/C=C(\C#N)C(=O)Nc1ccc(C)c(Cl)c1. The topological polar surface area (TPSA) is 62.1 Å². The van der Waals surface area contributed by atoms with Gasteiger partial charge in [-0.25, -0.2) is 0 Å². The van der Waals surface area contributed by atoms with Crippen molar-refractivity contribution in [2.24, 2.45) is 0 Å². The summed E-state index contributed by atoms with van der Waals surface area (Å²) >= 11 is 10.4. The first-order valence-corrected chi connectivity index (χ1v) is 9.61. The van der Waals surface area contributed by atoms with Crippen molar-refractivity contribution in [1.29, 1.82) is 5.26 Å². The maximum atomic E-state index is 12.4. The third-order valence-corrected chi connectivity index (χ3v) is 5.17. The van der Waals surface area contributed by atoms with E-state index in [0.29, 0.717) is 22.0 Å². The van der Waals surface area contributed by atoms with Gasteiger partial charge >= 0.3 is 0 Å². The smallest absolute Gasteiger partial charge is 0.266 e. The molecule has 0 fully saturated rings. The van der Waals surface area contributed by atoms with E-state index in [1.807, 2.05) is 25.1 Å². The van der Waals surface area contributed by atoms with Gasteiger partial charge in [0.15, 0.2) is 0 Å². The second kappa shape index (κ2) is 8.87. The van der Waals surface area contributed by atoms with Gasteiger partial charge in [-0.05, 0) is 88.0 Å².